The van der Waals surface area contributed by atoms with Crippen LogP contribution in [0, 0.1) is 12.3 Å². The molecule has 0 bridgehead atoms. The highest BCUT2D eigenvalue weighted by Crippen LogP contribution is 2.30. The van der Waals surface area contributed by atoms with Crippen molar-refractivity contribution in [3.8, 4) is 5.75 Å². The second-order valence-corrected chi connectivity index (χ2v) is 7.24. The van der Waals surface area contributed by atoms with E-state index in [0.29, 0.717) is 30.2 Å². The molecule has 0 aromatic heterocycles. The molecular formula is C14H22ClNO3S. The van der Waals surface area contributed by atoms with Gasteiger partial charge in [0.25, 0.3) is 0 Å². The number of rotatable bonds is 7. The zero-order valence-corrected chi connectivity index (χ0v) is 13.7. The molecule has 1 aromatic carbocycles. The molecule has 2 N–H and O–H groups in total. The van der Waals surface area contributed by atoms with Gasteiger partial charge in [-0.1, -0.05) is 25.4 Å². The summed E-state index contributed by atoms with van der Waals surface area (Å²) in [6, 6.07) is 5.39. The van der Waals surface area contributed by atoms with E-state index in [0.717, 1.165) is 5.56 Å². The summed E-state index contributed by atoms with van der Waals surface area (Å²) in [5.41, 5.74) is 0.468. The van der Waals surface area contributed by atoms with Crippen LogP contribution in [0.5, 0.6) is 5.75 Å². The zero-order chi connectivity index (χ0) is 15.4. The smallest absolute Gasteiger partial charge is 0.209 e. The quantitative estimate of drug-likeness (QED) is 0.839. The third-order valence-electron chi connectivity index (χ3n) is 3.68. The Kier molecular flexibility index (Phi) is 5.86. The summed E-state index contributed by atoms with van der Waals surface area (Å²) in [6.45, 7) is 6.11. The van der Waals surface area contributed by atoms with Gasteiger partial charge in [0.1, 0.15) is 5.75 Å². The lowest BCUT2D eigenvalue weighted by molar-refractivity contribution is 0.154. The molecule has 0 atom stereocenters. The average Bonchev–Trinajstić information content (AvgIpc) is 2.37. The largest absolute Gasteiger partial charge is 0.493 e. The van der Waals surface area contributed by atoms with Crippen LogP contribution >= 0.6 is 11.6 Å². The van der Waals surface area contributed by atoms with Crippen molar-refractivity contribution in [3.63, 3.8) is 0 Å². The summed E-state index contributed by atoms with van der Waals surface area (Å²) in [5, 5.41) is 5.86. The van der Waals surface area contributed by atoms with Crippen LogP contribution in [0.4, 0.5) is 0 Å². The SMILES string of the molecule is CCC(CC)(COc1ccc(Cl)c(C)c1)CS(N)(=O)=O. The van der Waals surface area contributed by atoms with E-state index in [1.54, 1.807) is 12.1 Å². The predicted molar refractivity (Wildman–Crippen MR) is 82.7 cm³/mol. The van der Waals surface area contributed by atoms with E-state index in [9.17, 15) is 8.42 Å². The number of hydrogen-bond donors (Lipinski definition) is 1. The molecule has 0 heterocycles. The van der Waals surface area contributed by atoms with Gasteiger partial charge in [0.15, 0.2) is 0 Å². The highest BCUT2D eigenvalue weighted by Gasteiger charge is 2.32. The highest BCUT2D eigenvalue weighted by atomic mass is 35.5. The van der Waals surface area contributed by atoms with Crippen molar-refractivity contribution in [1.29, 1.82) is 0 Å². The van der Waals surface area contributed by atoms with Gasteiger partial charge in [0, 0.05) is 10.4 Å². The number of nitrogens with two attached hydrogens (primary N) is 1. The monoisotopic (exact) mass is 319 g/mol. The first-order chi connectivity index (χ1) is 9.21. The minimum atomic E-state index is -3.53. The van der Waals surface area contributed by atoms with Crippen LogP contribution in [-0.2, 0) is 10.0 Å². The van der Waals surface area contributed by atoms with Gasteiger partial charge in [0.05, 0.1) is 12.4 Å². The maximum atomic E-state index is 11.4. The van der Waals surface area contributed by atoms with Gasteiger partial charge >= 0.3 is 0 Å². The Hall–Kier alpha value is -0.780. The van der Waals surface area contributed by atoms with Crippen molar-refractivity contribution in [2.24, 2.45) is 10.6 Å². The summed E-state index contributed by atoms with van der Waals surface area (Å²) in [7, 11) is -3.53. The number of aryl methyl sites for hydroxylation is 1. The molecule has 0 unspecified atom stereocenters. The lowest BCUT2D eigenvalue weighted by atomic mass is 9.85. The molecule has 20 heavy (non-hydrogen) atoms. The standard InChI is InChI=1S/C14H22ClNO3S/c1-4-14(5-2,10-20(16,17)18)9-19-12-6-7-13(15)11(3)8-12/h6-8H,4-5,9-10H2,1-3H3,(H2,16,17,18). The summed E-state index contributed by atoms with van der Waals surface area (Å²) < 4.78 is 28.5. The van der Waals surface area contributed by atoms with Crippen molar-refractivity contribution < 1.29 is 13.2 Å². The van der Waals surface area contributed by atoms with E-state index in [1.807, 2.05) is 26.8 Å². The van der Waals surface area contributed by atoms with E-state index < -0.39 is 15.4 Å². The second kappa shape index (κ2) is 6.78. The molecule has 0 radical (unpaired) electrons. The first kappa shape index (κ1) is 17.3. The number of halogens is 1. The third-order valence-corrected chi connectivity index (χ3v) is 5.12. The van der Waals surface area contributed by atoms with E-state index in [1.165, 1.54) is 0 Å². The molecular weight excluding hydrogens is 298 g/mol. The maximum absolute atomic E-state index is 11.4. The lowest BCUT2D eigenvalue weighted by Crippen LogP contribution is -2.37. The predicted octanol–water partition coefficient (Wildman–Crippen LogP) is 3.12. The molecule has 0 aliphatic rings. The first-order valence-corrected chi connectivity index (χ1v) is 8.70. The Morgan fingerprint density at radius 2 is 1.90 bits per heavy atom. The van der Waals surface area contributed by atoms with E-state index in [4.69, 9.17) is 21.5 Å². The Labute approximate surface area is 126 Å². The molecule has 0 saturated carbocycles. The topological polar surface area (TPSA) is 69.4 Å². The molecule has 0 saturated heterocycles. The Morgan fingerprint density at radius 1 is 1.30 bits per heavy atom. The molecule has 1 aromatic rings. The fraction of sp³-hybridized carbons (Fsp3) is 0.571. The molecule has 1 rings (SSSR count). The van der Waals surface area contributed by atoms with Crippen LogP contribution in [0.15, 0.2) is 18.2 Å². The van der Waals surface area contributed by atoms with Gasteiger partial charge in [-0.3, -0.25) is 0 Å². The number of primary sulfonamides is 1. The summed E-state index contributed by atoms with van der Waals surface area (Å²) in [6.07, 6.45) is 1.37. The zero-order valence-electron chi connectivity index (χ0n) is 12.1. The van der Waals surface area contributed by atoms with E-state index >= 15 is 0 Å². The van der Waals surface area contributed by atoms with Crippen LogP contribution in [0.1, 0.15) is 32.3 Å². The fourth-order valence-corrected chi connectivity index (χ4v) is 3.53. The van der Waals surface area contributed by atoms with Crippen molar-refractivity contribution in [2.45, 2.75) is 33.6 Å². The summed E-state index contributed by atoms with van der Waals surface area (Å²) in [5.74, 6) is 0.618. The van der Waals surface area contributed by atoms with Crippen molar-refractivity contribution in [3.05, 3.63) is 28.8 Å². The number of sulfonamides is 1. The lowest BCUT2D eigenvalue weighted by Gasteiger charge is -2.30. The van der Waals surface area contributed by atoms with Gasteiger partial charge < -0.3 is 4.74 Å². The van der Waals surface area contributed by atoms with Crippen molar-refractivity contribution in [2.75, 3.05) is 12.4 Å². The van der Waals surface area contributed by atoms with E-state index in [-0.39, 0.29) is 5.75 Å². The van der Waals surface area contributed by atoms with Gasteiger partial charge in [-0.25, -0.2) is 13.6 Å². The summed E-state index contributed by atoms with van der Waals surface area (Å²) in [4.78, 5) is 0. The number of ether oxygens (including phenoxy) is 1. The maximum Gasteiger partial charge on any atom is 0.209 e. The van der Waals surface area contributed by atoms with Gasteiger partial charge in [-0.2, -0.15) is 0 Å². The average molecular weight is 320 g/mol. The second-order valence-electron chi connectivity index (χ2n) is 5.21. The summed E-state index contributed by atoms with van der Waals surface area (Å²) >= 11 is 5.96. The molecule has 0 aliphatic heterocycles. The molecule has 0 aliphatic carbocycles. The van der Waals surface area contributed by atoms with Crippen LogP contribution in [0.25, 0.3) is 0 Å². The molecule has 114 valence electrons. The van der Waals surface area contributed by atoms with Gasteiger partial charge in [-0.05, 0) is 43.5 Å². The highest BCUT2D eigenvalue weighted by molar-refractivity contribution is 7.89. The Bertz CT molecular complexity index is 554. The number of hydrogen-bond acceptors (Lipinski definition) is 3. The normalized spacial score (nSPS) is 12.4. The minimum Gasteiger partial charge on any atom is -0.493 e. The van der Waals surface area contributed by atoms with Crippen molar-refractivity contribution in [1.82, 2.24) is 0 Å². The molecule has 4 nitrogen and oxygen atoms in total. The van der Waals surface area contributed by atoms with Gasteiger partial charge in [-0.15, -0.1) is 0 Å². The Morgan fingerprint density at radius 3 is 2.35 bits per heavy atom. The van der Waals surface area contributed by atoms with Crippen molar-refractivity contribution >= 4 is 21.6 Å². The van der Waals surface area contributed by atoms with Crippen LogP contribution in [0.3, 0.4) is 0 Å². The fourth-order valence-electron chi connectivity index (χ4n) is 2.07. The Balaban J connectivity index is 2.83. The van der Waals surface area contributed by atoms with Crippen LogP contribution < -0.4 is 9.88 Å². The molecule has 0 amide bonds. The van der Waals surface area contributed by atoms with Crippen LogP contribution in [-0.4, -0.2) is 20.8 Å². The molecule has 0 fully saturated rings. The molecule has 0 spiro atoms. The first-order valence-electron chi connectivity index (χ1n) is 6.61. The van der Waals surface area contributed by atoms with Crippen LogP contribution in [0.2, 0.25) is 5.02 Å². The van der Waals surface area contributed by atoms with E-state index in [2.05, 4.69) is 0 Å². The minimum absolute atomic E-state index is 0.0699. The molecule has 6 heteroatoms. The third kappa shape index (κ3) is 4.96. The van der Waals surface area contributed by atoms with Gasteiger partial charge in [0.2, 0.25) is 10.0 Å². The number of benzene rings is 1.